The standard InChI is InChI=1S/C25H26N2O4/c1-27(18-19-10-4-3-5-11-19)25(29)20-12-6-8-14-22(20)26-24(28)21-13-7-9-15-23(21)31-17-16-30-2/h3-15H,16-18H2,1-2H3,(H,26,28). The van der Waals surface area contributed by atoms with Crippen molar-refractivity contribution in [1.82, 2.24) is 4.90 Å². The first-order valence-corrected chi connectivity index (χ1v) is 10.0. The average Bonchev–Trinajstić information content (AvgIpc) is 2.80. The van der Waals surface area contributed by atoms with E-state index in [0.29, 0.717) is 42.3 Å². The summed E-state index contributed by atoms with van der Waals surface area (Å²) in [6, 6.07) is 23.7. The minimum atomic E-state index is -0.348. The van der Waals surface area contributed by atoms with Gasteiger partial charge in [-0.2, -0.15) is 0 Å². The van der Waals surface area contributed by atoms with Crippen LogP contribution in [-0.2, 0) is 11.3 Å². The van der Waals surface area contributed by atoms with Gasteiger partial charge >= 0.3 is 0 Å². The average molecular weight is 418 g/mol. The van der Waals surface area contributed by atoms with E-state index in [4.69, 9.17) is 9.47 Å². The number of ether oxygens (including phenoxy) is 2. The maximum Gasteiger partial charge on any atom is 0.259 e. The van der Waals surface area contributed by atoms with E-state index in [2.05, 4.69) is 5.32 Å². The van der Waals surface area contributed by atoms with Gasteiger partial charge in [0.25, 0.3) is 11.8 Å². The van der Waals surface area contributed by atoms with E-state index in [9.17, 15) is 9.59 Å². The smallest absolute Gasteiger partial charge is 0.259 e. The van der Waals surface area contributed by atoms with Crippen LogP contribution in [0.4, 0.5) is 5.69 Å². The van der Waals surface area contributed by atoms with Gasteiger partial charge in [0.05, 0.1) is 23.4 Å². The van der Waals surface area contributed by atoms with Crippen molar-refractivity contribution < 1.29 is 19.1 Å². The second kappa shape index (κ2) is 10.9. The molecule has 0 bridgehead atoms. The number of amides is 2. The van der Waals surface area contributed by atoms with E-state index in [1.807, 2.05) is 30.3 Å². The molecule has 3 rings (SSSR count). The third-order valence-corrected chi connectivity index (χ3v) is 4.69. The first-order chi connectivity index (χ1) is 15.1. The van der Waals surface area contributed by atoms with Gasteiger partial charge < -0.3 is 19.7 Å². The Morgan fingerprint density at radius 2 is 1.48 bits per heavy atom. The summed E-state index contributed by atoms with van der Waals surface area (Å²) in [6.45, 7) is 1.22. The minimum Gasteiger partial charge on any atom is -0.490 e. The molecule has 6 nitrogen and oxygen atoms in total. The molecule has 3 aromatic rings. The summed E-state index contributed by atoms with van der Waals surface area (Å²) in [4.78, 5) is 27.6. The third kappa shape index (κ3) is 5.93. The Kier molecular flexibility index (Phi) is 7.79. The normalized spacial score (nSPS) is 10.4. The predicted octanol–water partition coefficient (Wildman–Crippen LogP) is 4.24. The summed E-state index contributed by atoms with van der Waals surface area (Å²) in [5.41, 5.74) is 2.29. The minimum absolute atomic E-state index is 0.176. The van der Waals surface area contributed by atoms with Crippen LogP contribution >= 0.6 is 0 Å². The number of rotatable bonds is 9. The second-order valence-electron chi connectivity index (χ2n) is 6.98. The van der Waals surface area contributed by atoms with Crippen LogP contribution in [-0.4, -0.2) is 44.1 Å². The first kappa shape index (κ1) is 22.1. The summed E-state index contributed by atoms with van der Waals surface area (Å²) in [5.74, 6) is -0.0644. The van der Waals surface area contributed by atoms with Crippen molar-refractivity contribution in [3.05, 3.63) is 95.6 Å². The number of hydrogen-bond donors (Lipinski definition) is 1. The molecule has 160 valence electrons. The summed E-state index contributed by atoms with van der Waals surface area (Å²) in [6.07, 6.45) is 0. The van der Waals surface area contributed by atoms with Gasteiger partial charge in [0.15, 0.2) is 0 Å². The monoisotopic (exact) mass is 418 g/mol. The third-order valence-electron chi connectivity index (χ3n) is 4.69. The van der Waals surface area contributed by atoms with Crippen molar-refractivity contribution in [2.45, 2.75) is 6.54 Å². The predicted molar refractivity (Wildman–Crippen MR) is 120 cm³/mol. The van der Waals surface area contributed by atoms with E-state index in [-0.39, 0.29) is 11.8 Å². The Balaban J connectivity index is 1.76. The number of para-hydroxylation sites is 2. The molecule has 0 aliphatic carbocycles. The number of methoxy groups -OCH3 is 1. The largest absolute Gasteiger partial charge is 0.490 e. The van der Waals surface area contributed by atoms with Gasteiger partial charge in [0.1, 0.15) is 12.4 Å². The fraction of sp³-hybridized carbons (Fsp3) is 0.200. The van der Waals surface area contributed by atoms with E-state index < -0.39 is 0 Å². The van der Waals surface area contributed by atoms with Crippen molar-refractivity contribution in [2.75, 3.05) is 32.7 Å². The highest BCUT2D eigenvalue weighted by molar-refractivity contribution is 6.10. The van der Waals surface area contributed by atoms with Crippen molar-refractivity contribution >= 4 is 17.5 Å². The Morgan fingerprint density at radius 1 is 0.839 bits per heavy atom. The van der Waals surface area contributed by atoms with Crippen LogP contribution in [0.1, 0.15) is 26.3 Å². The van der Waals surface area contributed by atoms with Crippen molar-refractivity contribution in [1.29, 1.82) is 0 Å². The molecule has 6 heteroatoms. The van der Waals surface area contributed by atoms with Crippen molar-refractivity contribution in [3.63, 3.8) is 0 Å². The molecule has 0 heterocycles. The van der Waals surface area contributed by atoms with Gasteiger partial charge in [-0.25, -0.2) is 0 Å². The van der Waals surface area contributed by atoms with E-state index in [1.54, 1.807) is 67.6 Å². The molecule has 3 aromatic carbocycles. The fourth-order valence-electron chi connectivity index (χ4n) is 3.12. The molecular weight excluding hydrogens is 392 g/mol. The molecule has 0 saturated carbocycles. The molecule has 0 atom stereocenters. The van der Waals surface area contributed by atoms with Crippen LogP contribution in [0.2, 0.25) is 0 Å². The highest BCUT2D eigenvalue weighted by atomic mass is 16.5. The number of carbonyl (C=O) groups excluding carboxylic acids is 2. The Morgan fingerprint density at radius 3 is 2.23 bits per heavy atom. The summed E-state index contributed by atoms with van der Waals surface area (Å²) < 4.78 is 10.7. The van der Waals surface area contributed by atoms with Gasteiger partial charge in [-0.15, -0.1) is 0 Å². The lowest BCUT2D eigenvalue weighted by Gasteiger charge is -2.19. The van der Waals surface area contributed by atoms with Gasteiger partial charge in [-0.05, 0) is 29.8 Å². The number of nitrogens with zero attached hydrogens (tertiary/aromatic N) is 1. The van der Waals surface area contributed by atoms with E-state index in [1.165, 1.54) is 0 Å². The highest BCUT2D eigenvalue weighted by Gasteiger charge is 2.19. The zero-order valence-electron chi connectivity index (χ0n) is 17.7. The lowest BCUT2D eigenvalue weighted by molar-refractivity contribution is 0.0786. The molecule has 0 unspecified atom stereocenters. The van der Waals surface area contributed by atoms with Crippen LogP contribution < -0.4 is 10.1 Å². The summed E-state index contributed by atoms with van der Waals surface area (Å²) in [7, 11) is 3.33. The molecule has 0 aromatic heterocycles. The summed E-state index contributed by atoms with van der Waals surface area (Å²) in [5, 5.41) is 2.86. The SMILES string of the molecule is COCCOc1ccccc1C(=O)Nc1ccccc1C(=O)N(C)Cc1ccccc1. The molecule has 31 heavy (non-hydrogen) atoms. The van der Waals surface area contributed by atoms with E-state index in [0.717, 1.165) is 5.56 Å². The van der Waals surface area contributed by atoms with Crippen molar-refractivity contribution in [2.24, 2.45) is 0 Å². The molecule has 0 saturated heterocycles. The molecule has 0 aliphatic rings. The maximum atomic E-state index is 13.1. The van der Waals surface area contributed by atoms with E-state index >= 15 is 0 Å². The molecular formula is C25H26N2O4. The molecule has 1 N–H and O–H groups in total. The first-order valence-electron chi connectivity index (χ1n) is 10.0. The zero-order valence-corrected chi connectivity index (χ0v) is 17.7. The number of nitrogens with one attached hydrogen (secondary N) is 1. The van der Waals surface area contributed by atoms with Gasteiger partial charge in [0, 0.05) is 20.7 Å². The number of hydrogen-bond acceptors (Lipinski definition) is 4. The van der Waals surface area contributed by atoms with Crippen LogP contribution in [0.5, 0.6) is 5.75 Å². The number of benzene rings is 3. The maximum absolute atomic E-state index is 13.1. The Hall–Kier alpha value is -3.64. The Bertz CT molecular complexity index is 1020. The highest BCUT2D eigenvalue weighted by Crippen LogP contribution is 2.22. The summed E-state index contributed by atoms with van der Waals surface area (Å²) >= 11 is 0. The van der Waals surface area contributed by atoms with Crippen LogP contribution in [0.15, 0.2) is 78.9 Å². The van der Waals surface area contributed by atoms with Crippen LogP contribution in [0.3, 0.4) is 0 Å². The van der Waals surface area contributed by atoms with Crippen LogP contribution in [0.25, 0.3) is 0 Å². The van der Waals surface area contributed by atoms with Crippen molar-refractivity contribution in [3.8, 4) is 5.75 Å². The molecule has 0 spiro atoms. The number of anilines is 1. The molecule has 0 radical (unpaired) electrons. The zero-order chi connectivity index (χ0) is 22.1. The van der Waals surface area contributed by atoms with Gasteiger partial charge in [-0.3, -0.25) is 9.59 Å². The van der Waals surface area contributed by atoms with Crippen LogP contribution in [0, 0.1) is 0 Å². The quantitative estimate of drug-likeness (QED) is 0.528. The van der Waals surface area contributed by atoms with Gasteiger partial charge in [0.2, 0.25) is 0 Å². The molecule has 2 amide bonds. The Labute approximate surface area is 182 Å². The fourth-order valence-corrected chi connectivity index (χ4v) is 3.12. The molecule has 0 fully saturated rings. The molecule has 0 aliphatic heterocycles. The number of carbonyl (C=O) groups is 2. The lowest BCUT2D eigenvalue weighted by atomic mass is 10.1. The topological polar surface area (TPSA) is 67.9 Å². The lowest BCUT2D eigenvalue weighted by Crippen LogP contribution is -2.27. The van der Waals surface area contributed by atoms with Gasteiger partial charge in [-0.1, -0.05) is 54.6 Å². The second-order valence-corrected chi connectivity index (χ2v) is 6.98.